The van der Waals surface area contributed by atoms with Gasteiger partial charge in [0.25, 0.3) is 5.91 Å². The first-order chi connectivity index (χ1) is 19.0. The highest BCUT2D eigenvalue weighted by Crippen LogP contribution is 2.38. The van der Waals surface area contributed by atoms with Crippen LogP contribution in [-0.4, -0.2) is 27.2 Å². The first-order valence-electron chi connectivity index (χ1n) is 12.0. The molecule has 0 radical (unpaired) electrons. The third kappa shape index (κ3) is 6.51. The number of benzene rings is 4. The number of nitrogens with zero attached hydrogens (tertiary/aromatic N) is 1. The Morgan fingerprint density at radius 1 is 0.923 bits per heavy atom. The minimum Gasteiger partial charge on any atom is -0.497 e. The molecule has 0 aliphatic rings. The number of fused-ring (bicyclic) bond motifs is 1. The topological polar surface area (TPSA) is 89.8 Å². The molecule has 7 nitrogen and oxygen atoms in total. The lowest BCUT2D eigenvalue weighted by molar-refractivity contribution is -0.117. The van der Waals surface area contributed by atoms with Gasteiger partial charge in [-0.2, -0.15) is 5.26 Å². The zero-order valence-corrected chi connectivity index (χ0v) is 23.4. The van der Waals surface area contributed by atoms with Crippen molar-refractivity contribution in [2.45, 2.75) is 13.2 Å². The Balaban J connectivity index is 1.51. The maximum absolute atomic E-state index is 12.8. The number of carbonyl (C=O) groups is 1. The fraction of sp³-hybridized carbons (Fsp3) is 0.161. The number of hydrogen-bond donors (Lipinski definition) is 1. The molecule has 0 unspecified atom stereocenters. The summed E-state index contributed by atoms with van der Waals surface area (Å²) in [5, 5.41) is 14.7. The van der Waals surface area contributed by atoms with Gasteiger partial charge in [0.2, 0.25) is 0 Å². The zero-order chi connectivity index (χ0) is 27.8. The van der Waals surface area contributed by atoms with E-state index in [1.807, 2.05) is 30.3 Å². The number of carbonyl (C=O) groups excluding carboxylic acids is 1. The summed E-state index contributed by atoms with van der Waals surface area (Å²) in [5.74, 6) is 1.70. The van der Waals surface area contributed by atoms with Crippen LogP contribution in [0.5, 0.6) is 23.0 Å². The van der Waals surface area contributed by atoms with Gasteiger partial charge in [0.1, 0.15) is 29.7 Å². The van der Waals surface area contributed by atoms with Crippen LogP contribution in [0, 0.1) is 11.3 Å². The lowest BCUT2D eigenvalue weighted by Crippen LogP contribution is -2.24. The van der Waals surface area contributed by atoms with Crippen molar-refractivity contribution in [3.8, 4) is 29.1 Å². The second-order valence-electron chi connectivity index (χ2n) is 8.49. The molecule has 4 rings (SSSR count). The summed E-state index contributed by atoms with van der Waals surface area (Å²) in [4.78, 5) is 12.8. The van der Waals surface area contributed by atoms with Crippen LogP contribution in [-0.2, 0) is 17.9 Å². The number of rotatable bonds is 10. The highest BCUT2D eigenvalue weighted by atomic mass is 79.9. The standard InChI is InChI=1S/C31H27BrN2O5/c1-36-25-12-11-22(28(16-25)37-2)18-34-31(35)24(17-33)13-20-14-27(32)30(29(15-20)38-3)39-19-23-9-6-8-21-7-4-5-10-26(21)23/h4-16H,18-19H2,1-3H3,(H,34,35)/b24-13+. The molecule has 0 atom stereocenters. The molecule has 0 heterocycles. The maximum Gasteiger partial charge on any atom is 0.262 e. The van der Waals surface area contributed by atoms with Gasteiger partial charge in [-0.15, -0.1) is 0 Å². The highest BCUT2D eigenvalue weighted by molar-refractivity contribution is 9.10. The molecule has 8 heteroatoms. The number of nitriles is 1. The second kappa shape index (κ2) is 12.9. The summed E-state index contributed by atoms with van der Waals surface area (Å²) >= 11 is 3.56. The molecule has 0 aliphatic carbocycles. The van der Waals surface area contributed by atoms with E-state index < -0.39 is 5.91 Å². The van der Waals surface area contributed by atoms with Crippen molar-refractivity contribution < 1.29 is 23.7 Å². The van der Waals surface area contributed by atoms with Crippen LogP contribution in [0.3, 0.4) is 0 Å². The van der Waals surface area contributed by atoms with Crippen molar-refractivity contribution in [1.29, 1.82) is 5.26 Å². The number of nitrogens with one attached hydrogen (secondary N) is 1. The van der Waals surface area contributed by atoms with E-state index in [9.17, 15) is 10.1 Å². The van der Waals surface area contributed by atoms with Gasteiger partial charge in [-0.3, -0.25) is 4.79 Å². The van der Waals surface area contributed by atoms with E-state index in [-0.39, 0.29) is 12.1 Å². The molecule has 0 fully saturated rings. The molecular formula is C31H27BrN2O5. The molecule has 0 saturated heterocycles. The molecule has 0 aromatic heterocycles. The second-order valence-corrected chi connectivity index (χ2v) is 9.35. The van der Waals surface area contributed by atoms with E-state index in [1.165, 1.54) is 6.08 Å². The van der Waals surface area contributed by atoms with Crippen LogP contribution in [0.2, 0.25) is 0 Å². The third-order valence-electron chi connectivity index (χ3n) is 6.11. The fourth-order valence-electron chi connectivity index (χ4n) is 4.12. The van der Waals surface area contributed by atoms with Gasteiger partial charge in [0, 0.05) is 18.2 Å². The minimum absolute atomic E-state index is 0.0548. The Labute approximate surface area is 235 Å². The molecule has 4 aromatic carbocycles. The molecule has 0 bridgehead atoms. The van der Waals surface area contributed by atoms with E-state index in [2.05, 4.69) is 39.4 Å². The van der Waals surface area contributed by atoms with Crippen molar-refractivity contribution in [3.63, 3.8) is 0 Å². The largest absolute Gasteiger partial charge is 0.497 e. The predicted octanol–water partition coefficient (Wildman–Crippen LogP) is 6.43. The Kier molecular flexibility index (Phi) is 9.08. The predicted molar refractivity (Wildman–Crippen MR) is 154 cm³/mol. The average Bonchev–Trinajstić information content (AvgIpc) is 2.97. The Bertz CT molecular complexity index is 1570. The van der Waals surface area contributed by atoms with Gasteiger partial charge in [0.15, 0.2) is 11.5 Å². The molecule has 4 aromatic rings. The van der Waals surface area contributed by atoms with Crippen LogP contribution >= 0.6 is 15.9 Å². The van der Waals surface area contributed by atoms with E-state index >= 15 is 0 Å². The van der Waals surface area contributed by atoms with Gasteiger partial charge < -0.3 is 24.3 Å². The summed E-state index contributed by atoms with van der Waals surface area (Å²) in [5.41, 5.74) is 2.34. The normalized spacial score (nSPS) is 11.0. The monoisotopic (exact) mass is 586 g/mol. The highest BCUT2D eigenvalue weighted by Gasteiger charge is 2.15. The molecule has 1 amide bonds. The first kappa shape index (κ1) is 27.6. The fourth-order valence-corrected chi connectivity index (χ4v) is 4.69. The van der Waals surface area contributed by atoms with Crippen molar-refractivity contribution in [3.05, 3.63) is 99.5 Å². The number of amides is 1. The summed E-state index contributed by atoms with van der Waals surface area (Å²) in [6.07, 6.45) is 1.50. The quantitative estimate of drug-likeness (QED) is 0.170. The van der Waals surface area contributed by atoms with E-state index in [1.54, 1.807) is 51.7 Å². The van der Waals surface area contributed by atoms with Gasteiger partial charge in [-0.05, 0) is 68.2 Å². The Morgan fingerprint density at radius 3 is 2.44 bits per heavy atom. The molecule has 39 heavy (non-hydrogen) atoms. The summed E-state index contributed by atoms with van der Waals surface area (Å²) < 4.78 is 23.0. The molecule has 0 saturated carbocycles. The number of hydrogen-bond acceptors (Lipinski definition) is 6. The van der Waals surface area contributed by atoms with Crippen molar-refractivity contribution in [2.75, 3.05) is 21.3 Å². The first-order valence-corrected chi connectivity index (χ1v) is 12.8. The lowest BCUT2D eigenvalue weighted by atomic mass is 10.1. The number of halogens is 1. The number of methoxy groups -OCH3 is 3. The van der Waals surface area contributed by atoms with E-state index in [0.29, 0.717) is 39.6 Å². The Morgan fingerprint density at radius 2 is 1.69 bits per heavy atom. The average molecular weight is 587 g/mol. The van der Waals surface area contributed by atoms with Crippen molar-refractivity contribution in [2.24, 2.45) is 0 Å². The van der Waals surface area contributed by atoms with Gasteiger partial charge in [-0.25, -0.2) is 0 Å². The zero-order valence-electron chi connectivity index (χ0n) is 21.8. The Hall–Kier alpha value is -4.48. The molecule has 198 valence electrons. The summed E-state index contributed by atoms with van der Waals surface area (Å²) in [6, 6.07) is 25.0. The maximum atomic E-state index is 12.8. The van der Waals surface area contributed by atoms with Crippen LogP contribution in [0.25, 0.3) is 16.8 Å². The minimum atomic E-state index is -0.512. The van der Waals surface area contributed by atoms with E-state index in [4.69, 9.17) is 18.9 Å². The van der Waals surface area contributed by atoms with Crippen LogP contribution in [0.4, 0.5) is 0 Å². The summed E-state index contributed by atoms with van der Waals surface area (Å²) in [6.45, 7) is 0.519. The molecule has 0 spiro atoms. The van der Waals surface area contributed by atoms with Gasteiger partial charge in [0.05, 0.1) is 25.8 Å². The van der Waals surface area contributed by atoms with Crippen LogP contribution in [0.15, 0.2) is 82.8 Å². The molecule has 1 N–H and O–H groups in total. The SMILES string of the molecule is COc1ccc(CNC(=O)/C(C#N)=C/c2cc(Br)c(OCc3cccc4ccccc34)c(OC)c2)c(OC)c1. The van der Waals surface area contributed by atoms with Gasteiger partial charge >= 0.3 is 0 Å². The number of ether oxygens (including phenoxy) is 4. The summed E-state index contributed by atoms with van der Waals surface area (Å²) in [7, 11) is 4.65. The molecule has 0 aliphatic heterocycles. The van der Waals surface area contributed by atoms with E-state index in [0.717, 1.165) is 21.9 Å². The van der Waals surface area contributed by atoms with Crippen LogP contribution in [0.1, 0.15) is 16.7 Å². The van der Waals surface area contributed by atoms with Crippen molar-refractivity contribution >= 4 is 38.7 Å². The van der Waals surface area contributed by atoms with Crippen molar-refractivity contribution in [1.82, 2.24) is 5.32 Å². The third-order valence-corrected chi connectivity index (χ3v) is 6.70. The molecular weight excluding hydrogens is 560 g/mol. The smallest absolute Gasteiger partial charge is 0.262 e. The lowest BCUT2D eigenvalue weighted by Gasteiger charge is -2.15. The van der Waals surface area contributed by atoms with Crippen LogP contribution < -0.4 is 24.3 Å². The van der Waals surface area contributed by atoms with Gasteiger partial charge in [-0.1, -0.05) is 42.5 Å².